The summed E-state index contributed by atoms with van der Waals surface area (Å²) in [5.41, 5.74) is 2.12. The lowest BCUT2D eigenvalue weighted by atomic mass is 10.2. The fraction of sp³-hybridized carbons (Fsp3) is 0.300. The van der Waals surface area contributed by atoms with Crippen molar-refractivity contribution in [2.45, 2.75) is 6.92 Å². The fourth-order valence-electron chi connectivity index (χ4n) is 1.51. The van der Waals surface area contributed by atoms with Crippen LogP contribution in [-0.2, 0) is 4.79 Å². The van der Waals surface area contributed by atoms with Gasteiger partial charge in [-0.2, -0.15) is 0 Å². The third-order valence-electron chi connectivity index (χ3n) is 2.24. The number of carbonyl (C=O) groups is 1. The third kappa shape index (κ3) is 1.67. The van der Waals surface area contributed by atoms with Crippen LogP contribution in [0.1, 0.15) is 5.56 Å². The Labute approximate surface area is 91.2 Å². The standard InChI is InChI=1S/C10H11BrN2O/c1-7-2-3-9(8(11)4-7)13-6-12-5-10(13)14/h2-4,12H,5-6H2,1H3. The second-order valence-corrected chi connectivity index (χ2v) is 4.22. The maximum absolute atomic E-state index is 11.5. The molecule has 1 saturated heterocycles. The van der Waals surface area contributed by atoms with E-state index >= 15 is 0 Å². The number of benzene rings is 1. The fourth-order valence-corrected chi connectivity index (χ4v) is 2.22. The number of nitrogens with one attached hydrogen (secondary N) is 1. The molecule has 3 nitrogen and oxygen atoms in total. The van der Waals surface area contributed by atoms with Crippen LogP contribution < -0.4 is 10.2 Å². The minimum Gasteiger partial charge on any atom is -0.297 e. The van der Waals surface area contributed by atoms with Crippen LogP contribution in [-0.4, -0.2) is 19.1 Å². The molecule has 0 aromatic heterocycles. The van der Waals surface area contributed by atoms with Gasteiger partial charge < -0.3 is 0 Å². The van der Waals surface area contributed by atoms with Crippen LogP contribution in [0.25, 0.3) is 0 Å². The highest BCUT2D eigenvalue weighted by atomic mass is 79.9. The SMILES string of the molecule is Cc1ccc(N2CNCC2=O)c(Br)c1. The minimum absolute atomic E-state index is 0.120. The van der Waals surface area contributed by atoms with E-state index in [1.165, 1.54) is 5.56 Å². The highest BCUT2D eigenvalue weighted by Crippen LogP contribution is 2.27. The number of anilines is 1. The summed E-state index contributed by atoms with van der Waals surface area (Å²) in [6, 6.07) is 5.98. The van der Waals surface area contributed by atoms with Crippen molar-refractivity contribution < 1.29 is 4.79 Å². The van der Waals surface area contributed by atoms with Gasteiger partial charge in [-0.1, -0.05) is 6.07 Å². The summed E-state index contributed by atoms with van der Waals surface area (Å²) >= 11 is 3.46. The molecule has 0 saturated carbocycles. The smallest absolute Gasteiger partial charge is 0.242 e. The van der Waals surface area contributed by atoms with Crippen LogP contribution in [0.15, 0.2) is 22.7 Å². The van der Waals surface area contributed by atoms with E-state index < -0.39 is 0 Å². The lowest BCUT2D eigenvalue weighted by Gasteiger charge is -2.16. The predicted octanol–water partition coefficient (Wildman–Crippen LogP) is 1.65. The van der Waals surface area contributed by atoms with Gasteiger partial charge in [-0.3, -0.25) is 15.0 Å². The molecule has 1 amide bonds. The molecule has 0 bridgehead atoms. The average molecular weight is 255 g/mol. The van der Waals surface area contributed by atoms with Gasteiger partial charge in [0.15, 0.2) is 0 Å². The molecule has 0 spiro atoms. The second-order valence-electron chi connectivity index (χ2n) is 3.36. The van der Waals surface area contributed by atoms with Gasteiger partial charge in [-0.05, 0) is 40.5 Å². The van der Waals surface area contributed by atoms with Crippen molar-refractivity contribution in [2.75, 3.05) is 18.1 Å². The highest BCUT2D eigenvalue weighted by Gasteiger charge is 2.22. The zero-order valence-electron chi connectivity index (χ0n) is 7.88. The molecule has 14 heavy (non-hydrogen) atoms. The number of carbonyl (C=O) groups excluding carboxylic acids is 1. The second kappa shape index (κ2) is 3.71. The molecule has 1 aromatic carbocycles. The molecule has 0 unspecified atom stereocenters. The Morgan fingerprint density at radius 3 is 2.86 bits per heavy atom. The van der Waals surface area contributed by atoms with E-state index in [1.807, 2.05) is 25.1 Å². The van der Waals surface area contributed by atoms with Gasteiger partial charge in [0.05, 0.1) is 18.9 Å². The number of halogens is 1. The lowest BCUT2D eigenvalue weighted by Crippen LogP contribution is -2.25. The molecule has 1 N–H and O–H groups in total. The van der Waals surface area contributed by atoms with Crippen LogP contribution >= 0.6 is 15.9 Å². The molecule has 2 rings (SSSR count). The van der Waals surface area contributed by atoms with Gasteiger partial charge in [0, 0.05) is 4.47 Å². The summed E-state index contributed by atoms with van der Waals surface area (Å²) in [7, 11) is 0. The first-order valence-electron chi connectivity index (χ1n) is 4.46. The summed E-state index contributed by atoms with van der Waals surface area (Å²) in [5, 5.41) is 3.02. The Kier molecular flexibility index (Phi) is 2.56. The van der Waals surface area contributed by atoms with Crippen LogP contribution in [0, 0.1) is 6.92 Å². The van der Waals surface area contributed by atoms with E-state index in [9.17, 15) is 4.79 Å². The molecule has 0 atom stereocenters. The molecular weight excluding hydrogens is 244 g/mol. The number of hydrogen-bond acceptors (Lipinski definition) is 2. The topological polar surface area (TPSA) is 32.3 Å². The van der Waals surface area contributed by atoms with Gasteiger partial charge in [-0.15, -0.1) is 0 Å². The Hall–Kier alpha value is -0.870. The first-order chi connectivity index (χ1) is 6.68. The van der Waals surface area contributed by atoms with Crippen LogP contribution in [0.5, 0.6) is 0 Å². The van der Waals surface area contributed by atoms with Crippen molar-refractivity contribution >= 4 is 27.5 Å². The largest absolute Gasteiger partial charge is 0.297 e. The van der Waals surface area contributed by atoms with E-state index in [-0.39, 0.29) is 5.91 Å². The molecule has 1 heterocycles. The molecular formula is C10H11BrN2O. The molecule has 1 aromatic rings. The van der Waals surface area contributed by atoms with Crippen molar-refractivity contribution in [1.29, 1.82) is 0 Å². The number of amides is 1. The van der Waals surface area contributed by atoms with Crippen molar-refractivity contribution in [3.8, 4) is 0 Å². The van der Waals surface area contributed by atoms with Crippen molar-refractivity contribution in [3.05, 3.63) is 28.2 Å². The number of rotatable bonds is 1. The first-order valence-corrected chi connectivity index (χ1v) is 5.25. The van der Waals surface area contributed by atoms with E-state index in [0.717, 1.165) is 10.2 Å². The van der Waals surface area contributed by atoms with Crippen molar-refractivity contribution in [1.82, 2.24) is 5.32 Å². The molecule has 1 fully saturated rings. The summed E-state index contributed by atoms with van der Waals surface area (Å²) < 4.78 is 0.967. The van der Waals surface area contributed by atoms with Gasteiger partial charge in [0.25, 0.3) is 0 Å². The lowest BCUT2D eigenvalue weighted by molar-refractivity contribution is -0.116. The molecule has 1 aliphatic heterocycles. The number of hydrogen-bond donors (Lipinski definition) is 1. The first kappa shape index (κ1) is 9.68. The zero-order valence-corrected chi connectivity index (χ0v) is 9.47. The van der Waals surface area contributed by atoms with Gasteiger partial charge in [0.1, 0.15) is 0 Å². The van der Waals surface area contributed by atoms with Crippen LogP contribution in [0.3, 0.4) is 0 Å². The summed E-state index contributed by atoms with van der Waals surface area (Å²) in [6.45, 7) is 3.05. The van der Waals surface area contributed by atoms with Gasteiger partial charge >= 0.3 is 0 Å². The van der Waals surface area contributed by atoms with Crippen LogP contribution in [0.4, 0.5) is 5.69 Å². The van der Waals surface area contributed by atoms with E-state index in [0.29, 0.717) is 13.2 Å². The Morgan fingerprint density at radius 2 is 2.29 bits per heavy atom. The summed E-state index contributed by atoms with van der Waals surface area (Å²) in [4.78, 5) is 13.2. The third-order valence-corrected chi connectivity index (χ3v) is 2.88. The molecule has 4 heteroatoms. The van der Waals surface area contributed by atoms with E-state index in [2.05, 4.69) is 21.2 Å². The molecule has 74 valence electrons. The molecule has 1 aliphatic rings. The minimum atomic E-state index is 0.120. The normalized spacial score (nSPS) is 16.4. The predicted molar refractivity (Wildman–Crippen MR) is 59.2 cm³/mol. The molecule has 0 aliphatic carbocycles. The monoisotopic (exact) mass is 254 g/mol. The van der Waals surface area contributed by atoms with Gasteiger partial charge in [-0.25, -0.2) is 0 Å². The maximum Gasteiger partial charge on any atom is 0.242 e. The van der Waals surface area contributed by atoms with Gasteiger partial charge in [0.2, 0.25) is 5.91 Å². The number of aryl methyl sites for hydroxylation is 1. The maximum atomic E-state index is 11.5. The Bertz CT molecular complexity index is 378. The highest BCUT2D eigenvalue weighted by molar-refractivity contribution is 9.10. The Balaban J connectivity index is 2.36. The van der Waals surface area contributed by atoms with Crippen molar-refractivity contribution in [3.63, 3.8) is 0 Å². The molecule has 0 radical (unpaired) electrons. The zero-order chi connectivity index (χ0) is 10.1. The van der Waals surface area contributed by atoms with Crippen molar-refractivity contribution in [2.24, 2.45) is 0 Å². The van der Waals surface area contributed by atoms with Crippen LogP contribution in [0.2, 0.25) is 0 Å². The summed E-state index contributed by atoms with van der Waals surface area (Å²) in [5.74, 6) is 0.120. The summed E-state index contributed by atoms with van der Waals surface area (Å²) in [6.07, 6.45) is 0. The van der Waals surface area contributed by atoms with E-state index in [4.69, 9.17) is 0 Å². The van der Waals surface area contributed by atoms with E-state index in [1.54, 1.807) is 4.90 Å². The average Bonchev–Trinajstić information content (AvgIpc) is 2.52. The number of nitrogens with zero attached hydrogens (tertiary/aromatic N) is 1. The Morgan fingerprint density at radius 1 is 1.50 bits per heavy atom. The quantitative estimate of drug-likeness (QED) is 0.827.